The van der Waals surface area contributed by atoms with E-state index in [9.17, 15) is 0 Å². The Labute approximate surface area is 113 Å². The van der Waals surface area contributed by atoms with Crippen LogP contribution in [0.1, 0.15) is 71.0 Å². The predicted octanol–water partition coefficient (Wildman–Crippen LogP) is 4.24. The maximum absolute atomic E-state index is 2.39. The Morgan fingerprint density at radius 1 is 0.944 bits per heavy atom. The van der Waals surface area contributed by atoms with Gasteiger partial charge in [0.05, 0.1) is 13.1 Å². The second-order valence-corrected chi connectivity index (χ2v) is 5.30. The van der Waals surface area contributed by atoms with E-state index < -0.39 is 0 Å². The van der Waals surface area contributed by atoms with Crippen LogP contribution in [0.15, 0.2) is 12.4 Å². The summed E-state index contributed by atoms with van der Waals surface area (Å²) in [6.45, 7) is 8.97. The number of imidazole rings is 1. The number of unbranched alkanes of at least 4 members (excludes halogenated alkanes) is 7. The normalized spacial score (nSPS) is 11.1. The van der Waals surface area contributed by atoms with Gasteiger partial charge in [0.25, 0.3) is 5.82 Å². The van der Waals surface area contributed by atoms with Crippen molar-refractivity contribution in [3.8, 4) is 0 Å². The maximum atomic E-state index is 2.39. The Bertz CT molecular complexity index is 315. The number of hydrogen-bond acceptors (Lipinski definition) is 0. The van der Waals surface area contributed by atoms with Crippen molar-refractivity contribution in [3.05, 3.63) is 18.2 Å². The van der Waals surface area contributed by atoms with E-state index in [0.29, 0.717) is 0 Å². The Kier molecular flexibility index (Phi) is 7.79. The minimum Gasteiger partial charge on any atom is -0.235 e. The highest BCUT2D eigenvalue weighted by molar-refractivity contribution is 4.78. The number of hydrogen-bond donors (Lipinski definition) is 0. The molecular weight excluding hydrogens is 220 g/mol. The van der Waals surface area contributed by atoms with Crippen molar-refractivity contribution in [2.24, 2.45) is 0 Å². The van der Waals surface area contributed by atoms with E-state index in [4.69, 9.17) is 0 Å². The van der Waals surface area contributed by atoms with Crippen LogP contribution < -0.4 is 4.57 Å². The Balaban J connectivity index is 2.05. The van der Waals surface area contributed by atoms with Gasteiger partial charge in [-0.2, -0.15) is 0 Å². The van der Waals surface area contributed by atoms with Gasteiger partial charge in [-0.15, -0.1) is 0 Å². The molecular formula is C16H31N2+. The van der Waals surface area contributed by atoms with Crippen molar-refractivity contribution in [1.82, 2.24) is 4.57 Å². The average molecular weight is 251 g/mol. The molecule has 104 valence electrons. The first-order chi connectivity index (χ1) is 8.79. The number of nitrogens with zero attached hydrogens (tertiary/aromatic N) is 2. The molecule has 18 heavy (non-hydrogen) atoms. The summed E-state index contributed by atoms with van der Waals surface area (Å²) in [7, 11) is 0. The smallest absolute Gasteiger partial charge is 0.235 e. The molecule has 1 rings (SSSR count). The van der Waals surface area contributed by atoms with E-state index in [1.807, 2.05) is 0 Å². The zero-order valence-corrected chi connectivity index (χ0v) is 12.6. The zero-order valence-electron chi connectivity index (χ0n) is 12.6. The van der Waals surface area contributed by atoms with Gasteiger partial charge in [0.2, 0.25) is 0 Å². The van der Waals surface area contributed by atoms with Crippen molar-refractivity contribution in [3.63, 3.8) is 0 Å². The van der Waals surface area contributed by atoms with E-state index in [-0.39, 0.29) is 0 Å². The second-order valence-electron chi connectivity index (χ2n) is 5.30. The SMILES string of the molecule is CCCCCCCCCC[n+]1ccn(CC)c1C. The van der Waals surface area contributed by atoms with Crippen molar-refractivity contribution >= 4 is 0 Å². The molecule has 0 aliphatic heterocycles. The van der Waals surface area contributed by atoms with Gasteiger partial charge in [0.1, 0.15) is 12.4 Å². The summed E-state index contributed by atoms with van der Waals surface area (Å²) in [5.74, 6) is 1.39. The van der Waals surface area contributed by atoms with Crippen LogP contribution in [0, 0.1) is 6.92 Å². The summed E-state index contributed by atoms with van der Waals surface area (Å²) >= 11 is 0. The summed E-state index contributed by atoms with van der Waals surface area (Å²) in [5, 5.41) is 0. The monoisotopic (exact) mass is 251 g/mol. The van der Waals surface area contributed by atoms with Crippen LogP contribution in [-0.2, 0) is 13.1 Å². The van der Waals surface area contributed by atoms with Gasteiger partial charge >= 0.3 is 0 Å². The minimum atomic E-state index is 1.08. The molecule has 1 aromatic heterocycles. The molecule has 1 aromatic rings. The highest BCUT2D eigenvalue weighted by Gasteiger charge is 2.09. The topological polar surface area (TPSA) is 8.81 Å². The molecule has 0 aliphatic carbocycles. The lowest BCUT2D eigenvalue weighted by Gasteiger charge is -2.02. The number of aromatic nitrogens is 2. The molecule has 0 atom stereocenters. The lowest BCUT2D eigenvalue weighted by molar-refractivity contribution is -0.702. The van der Waals surface area contributed by atoms with E-state index in [2.05, 4.69) is 42.3 Å². The molecule has 0 saturated heterocycles. The van der Waals surface area contributed by atoms with E-state index in [0.717, 1.165) is 6.54 Å². The average Bonchev–Trinajstić information content (AvgIpc) is 2.73. The Morgan fingerprint density at radius 2 is 1.56 bits per heavy atom. The Hall–Kier alpha value is -0.790. The Morgan fingerprint density at radius 3 is 2.11 bits per heavy atom. The number of aryl methyl sites for hydroxylation is 2. The number of rotatable bonds is 10. The fraction of sp³-hybridized carbons (Fsp3) is 0.812. The molecule has 0 N–H and O–H groups in total. The van der Waals surface area contributed by atoms with Gasteiger partial charge in [-0.1, -0.05) is 45.4 Å². The third-order valence-corrected chi connectivity index (χ3v) is 3.85. The molecule has 2 nitrogen and oxygen atoms in total. The predicted molar refractivity (Wildman–Crippen MR) is 77.6 cm³/mol. The summed E-state index contributed by atoms with van der Waals surface area (Å²) in [6.07, 6.45) is 15.6. The van der Waals surface area contributed by atoms with E-state index in [1.54, 1.807) is 0 Å². The molecule has 0 unspecified atom stereocenters. The highest BCUT2D eigenvalue weighted by atomic mass is 15.1. The zero-order chi connectivity index (χ0) is 13.2. The minimum absolute atomic E-state index is 1.08. The van der Waals surface area contributed by atoms with Crippen LogP contribution in [0.5, 0.6) is 0 Å². The molecule has 0 radical (unpaired) electrons. The lowest BCUT2D eigenvalue weighted by Crippen LogP contribution is -2.35. The van der Waals surface area contributed by atoms with Crippen LogP contribution in [0.25, 0.3) is 0 Å². The van der Waals surface area contributed by atoms with Gasteiger partial charge in [-0.3, -0.25) is 0 Å². The third kappa shape index (κ3) is 5.24. The third-order valence-electron chi connectivity index (χ3n) is 3.85. The van der Waals surface area contributed by atoms with Crippen LogP contribution >= 0.6 is 0 Å². The first-order valence-corrected chi connectivity index (χ1v) is 7.84. The molecule has 0 saturated carbocycles. The lowest BCUT2D eigenvalue weighted by atomic mass is 10.1. The molecule has 0 aliphatic rings. The van der Waals surface area contributed by atoms with E-state index in [1.165, 1.54) is 63.7 Å². The summed E-state index contributed by atoms with van der Waals surface area (Å²) in [4.78, 5) is 0. The molecule has 0 bridgehead atoms. The quantitative estimate of drug-likeness (QED) is 0.434. The van der Waals surface area contributed by atoms with Crippen LogP contribution in [0.4, 0.5) is 0 Å². The highest BCUT2D eigenvalue weighted by Crippen LogP contribution is 2.08. The largest absolute Gasteiger partial charge is 0.253 e. The van der Waals surface area contributed by atoms with E-state index >= 15 is 0 Å². The molecule has 0 spiro atoms. The fourth-order valence-corrected chi connectivity index (χ4v) is 2.53. The van der Waals surface area contributed by atoms with Crippen molar-refractivity contribution in [2.75, 3.05) is 0 Å². The van der Waals surface area contributed by atoms with Crippen LogP contribution in [-0.4, -0.2) is 4.57 Å². The molecule has 2 heteroatoms. The molecule has 0 fully saturated rings. The maximum Gasteiger partial charge on any atom is 0.253 e. The summed E-state index contributed by atoms with van der Waals surface area (Å²) in [6, 6.07) is 0. The molecule has 0 aromatic carbocycles. The van der Waals surface area contributed by atoms with Gasteiger partial charge in [0.15, 0.2) is 0 Å². The first-order valence-electron chi connectivity index (χ1n) is 7.84. The summed E-state index contributed by atoms with van der Waals surface area (Å²) in [5.41, 5.74) is 0. The molecule has 0 amide bonds. The van der Waals surface area contributed by atoms with Gasteiger partial charge in [-0.25, -0.2) is 9.13 Å². The van der Waals surface area contributed by atoms with Crippen LogP contribution in [0.2, 0.25) is 0 Å². The first kappa shape index (κ1) is 15.3. The van der Waals surface area contributed by atoms with Crippen molar-refractivity contribution < 1.29 is 4.57 Å². The summed E-state index contributed by atoms with van der Waals surface area (Å²) < 4.78 is 4.70. The van der Waals surface area contributed by atoms with Crippen molar-refractivity contribution in [2.45, 2.75) is 85.2 Å². The van der Waals surface area contributed by atoms with Crippen molar-refractivity contribution in [1.29, 1.82) is 0 Å². The van der Waals surface area contributed by atoms with Gasteiger partial charge in [0, 0.05) is 6.92 Å². The van der Waals surface area contributed by atoms with Gasteiger partial charge in [-0.05, 0) is 19.8 Å². The molecule has 1 heterocycles. The fourth-order valence-electron chi connectivity index (χ4n) is 2.53. The van der Waals surface area contributed by atoms with Crippen LogP contribution in [0.3, 0.4) is 0 Å². The standard InChI is InChI=1S/C16H31N2/c1-4-6-7-8-9-10-11-12-13-18-15-14-17(5-2)16(18)3/h14-15H,4-13H2,1-3H3/q+1. The van der Waals surface area contributed by atoms with Gasteiger partial charge < -0.3 is 0 Å². The second kappa shape index (κ2) is 9.18.